The predicted molar refractivity (Wildman–Crippen MR) is 77.3 cm³/mol. The zero-order valence-corrected chi connectivity index (χ0v) is 12.0. The fraction of sp³-hybridized carbons (Fsp3) is 0.286. The summed E-state index contributed by atoms with van der Waals surface area (Å²) >= 11 is 1.63. The second-order valence-electron chi connectivity index (χ2n) is 3.87. The summed E-state index contributed by atoms with van der Waals surface area (Å²) in [5.74, 6) is 2.12. The van der Waals surface area contributed by atoms with E-state index in [-0.39, 0.29) is 0 Å². The standard InChI is InChI=1S/C14H17NO3S/c1-16-9-6-11(17-2)14(12(7-9)18-3)10-4-5-19-13(10)8-15/h4-7H,8,15H2,1-3H3. The molecule has 102 valence electrons. The maximum Gasteiger partial charge on any atom is 0.134 e. The minimum atomic E-state index is 0.491. The number of nitrogens with two attached hydrogens (primary N) is 1. The molecule has 1 heterocycles. The molecule has 0 bridgehead atoms. The minimum Gasteiger partial charge on any atom is -0.496 e. The number of ether oxygens (including phenoxy) is 3. The van der Waals surface area contributed by atoms with Gasteiger partial charge in [-0.15, -0.1) is 11.3 Å². The van der Waals surface area contributed by atoms with Crippen LogP contribution in [0.4, 0.5) is 0 Å². The number of benzene rings is 1. The molecule has 0 amide bonds. The molecule has 4 nitrogen and oxygen atoms in total. The van der Waals surface area contributed by atoms with E-state index >= 15 is 0 Å². The fourth-order valence-electron chi connectivity index (χ4n) is 1.99. The second kappa shape index (κ2) is 5.95. The maximum absolute atomic E-state index is 5.78. The van der Waals surface area contributed by atoms with Crippen LogP contribution in [0.1, 0.15) is 4.88 Å². The van der Waals surface area contributed by atoms with Gasteiger partial charge in [0.1, 0.15) is 17.2 Å². The van der Waals surface area contributed by atoms with Crippen LogP contribution in [0.25, 0.3) is 11.1 Å². The molecule has 0 aliphatic heterocycles. The minimum absolute atomic E-state index is 0.491. The lowest BCUT2D eigenvalue weighted by atomic mass is 10.0. The van der Waals surface area contributed by atoms with Crippen LogP contribution >= 0.6 is 11.3 Å². The average molecular weight is 279 g/mol. The molecule has 0 atom stereocenters. The van der Waals surface area contributed by atoms with E-state index in [1.165, 1.54) is 0 Å². The van der Waals surface area contributed by atoms with Crippen molar-refractivity contribution in [3.05, 3.63) is 28.5 Å². The highest BCUT2D eigenvalue weighted by molar-refractivity contribution is 7.10. The van der Waals surface area contributed by atoms with Crippen molar-refractivity contribution in [1.82, 2.24) is 0 Å². The van der Waals surface area contributed by atoms with Crippen LogP contribution < -0.4 is 19.9 Å². The van der Waals surface area contributed by atoms with Crippen molar-refractivity contribution >= 4 is 11.3 Å². The van der Waals surface area contributed by atoms with E-state index < -0.39 is 0 Å². The van der Waals surface area contributed by atoms with Gasteiger partial charge in [-0.2, -0.15) is 0 Å². The predicted octanol–water partition coefficient (Wildman–Crippen LogP) is 2.90. The summed E-state index contributed by atoms with van der Waals surface area (Å²) in [7, 11) is 4.88. The molecule has 0 unspecified atom stereocenters. The van der Waals surface area contributed by atoms with Crippen molar-refractivity contribution in [3.8, 4) is 28.4 Å². The van der Waals surface area contributed by atoms with Gasteiger partial charge in [-0.05, 0) is 11.4 Å². The van der Waals surface area contributed by atoms with Crippen molar-refractivity contribution in [2.75, 3.05) is 21.3 Å². The van der Waals surface area contributed by atoms with Gasteiger partial charge in [-0.3, -0.25) is 0 Å². The molecule has 0 spiro atoms. The Morgan fingerprint density at radius 3 is 2.16 bits per heavy atom. The Morgan fingerprint density at radius 2 is 1.68 bits per heavy atom. The molecule has 2 aromatic rings. The van der Waals surface area contributed by atoms with Crippen LogP contribution in [0.2, 0.25) is 0 Å². The van der Waals surface area contributed by atoms with E-state index in [1.54, 1.807) is 32.7 Å². The molecule has 0 radical (unpaired) electrons. The highest BCUT2D eigenvalue weighted by Crippen LogP contribution is 2.44. The lowest BCUT2D eigenvalue weighted by molar-refractivity contribution is 0.377. The van der Waals surface area contributed by atoms with Gasteiger partial charge in [-0.25, -0.2) is 0 Å². The lowest BCUT2D eigenvalue weighted by Gasteiger charge is -2.15. The first-order valence-electron chi connectivity index (χ1n) is 5.82. The molecule has 1 aromatic heterocycles. The van der Waals surface area contributed by atoms with Crippen molar-refractivity contribution in [1.29, 1.82) is 0 Å². The van der Waals surface area contributed by atoms with Gasteiger partial charge < -0.3 is 19.9 Å². The number of methoxy groups -OCH3 is 3. The monoisotopic (exact) mass is 279 g/mol. The summed E-state index contributed by atoms with van der Waals surface area (Å²) in [5.41, 5.74) is 7.73. The molecular formula is C14H17NO3S. The van der Waals surface area contributed by atoms with Gasteiger partial charge in [0.25, 0.3) is 0 Å². The smallest absolute Gasteiger partial charge is 0.134 e. The number of hydrogen-bond donors (Lipinski definition) is 1. The summed E-state index contributed by atoms with van der Waals surface area (Å²) in [6, 6.07) is 5.71. The van der Waals surface area contributed by atoms with Crippen molar-refractivity contribution < 1.29 is 14.2 Å². The summed E-state index contributed by atoms with van der Waals surface area (Å²) in [5, 5.41) is 2.01. The molecular weight excluding hydrogens is 262 g/mol. The Bertz CT molecular complexity index is 541. The van der Waals surface area contributed by atoms with E-state index in [2.05, 4.69) is 0 Å². The van der Waals surface area contributed by atoms with E-state index in [0.717, 1.165) is 16.0 Å². The third-order valence-corrected chi connectivity index (χ3v) is 3.86. The van der Waals surface area contributed by atoms with Gasteiger partial charge in [0.05, 0.1) is 26.9 Å². The summed E-state index contributed by atoms with van der Waals surface area (Å²) < 4.78 is 16.2. The Kier molecular flexibility index (Phi) is 4.29. The second-order valence-corrected chi connectivity index (χ2v) is 4.87. The molecule has 0 aliphatic rings. The van der Waals surface area contributed by atoms with Gasteiger partial charge in [0.15, 0.2) is 0 Å². The highest BCUT2D eigenvalue weighted by Gasteiger charge is 2.18. The van der Waals surface area contributed by atoms with Gasteiger partial charge in [0, 0.05) is 29.1 Å². The van der Waals surface area contributed by atoms with Crippen molar-refractivity contribution in [3.63, 3.8) is 0 Å². The van der Waals surface area contributed by atoms with Gasteiger partial charge in [-0.1, -0.05) is 0 Å². The third-order valence-electron chi connectivity index (χ3n) is 2.92. The zero-order valence-electron chi connectivity index (χ0n) is 11.2. The van der Waals surface area contributed by atoms with Crippen LogP contribution in [0.5, 0.6) is 17.2 Å². The molecule has 0 saturated carbocycles. The van der Waals surface area contributed by atoms with E-state index in [9.17, 15) is 0 Å². The molecule has 0 saturated heterocycles. The van der Waals surface area contributed by atoms with Crippen LogP contribution in [-0.2, 0) is 6.54 Å². The first-order chi connectivity index (χ1) is 9.24. The summed E-state index contributed by atoms with van der Waals surface area (Å²) in [6.45, 7) is 0.491. The zero-order chi connectivity index (χ0) is 13.8. The van der Waals surface area contributed by atoms with Gasteiger partial charge >= 0.3 is 0 Å². The van der Waals surface area contributed by atoms with Crippen molar-refractivity contribution in [2.24, 2.45) is 5.73 Å². The number of rotatable bonds is 5. The molecule has 1 aromatic carbocycles. The Balaban J connectivity index is 2.67. The average Bonchev–Trinajstić information content (AvgIpc) is 2.93. The normalized spacial score (nSPS) is 10.3. The Labute approximate surface area is 116 Å². The SMILES string of the molecule is COc1cc(OC)c(-c2ccsc2CN)c(OC)c1. The largest absolute Gasteiger partial charge is 0.496 e. The molecule has 0 fully saturated rings. The van der Waals surface area contributed by atoms with Crippen LogP contribution in [0.3, 0.4) is 0 Å². The van der Waals surface area contributed by atoms with Crippen molar-refractivity contribution in [2.45, 2.75) is 6.54 Å². The highest BCUT2D eigenvalue weighted by atomic mass is 32.1. The maximum atomic E-state index is 5.78. The lowest BCUT2D eigenvalue weighted by Crippen LogP contribution is -1.98. The quantitative estimate of drug-likeness (QED) is 0.914. The van der Waals surface area contributed by atoms with E-state index in [4.69, 9.17) is 19.9 Å². The summed E-state index contributed by atoms with van der Waals surface area (Å²) in [4.78, 5) is 1.10. The molecule has 19 heavy (non-hydrogen) atoms. The molecule has 2 N–H and O–H groups in total. The van der Waals surface area contributed by atoms with Gasteiger partial charge in [0.2, 0.25) is 0 Å². The van der Waals surface area contributed by atoms with E-state index in [0.29, 0.717) is 23.8 Å². The fourth-order valence-corrected chi connectivity index (χ4v) is 2.75. The number of thiophene rings is 1. The molecule has 0 aliphatic carbocycles. The number of hydrogen-bond acceptors (Lipinski definition) is 5. The molecule has 5 heteroatoms. The first kappa shape index (κ1) is 13.7. The topological polar surface area (TPSA) is 53.7 Å². The molecule has 2 rings (SSSR count). The van der Waals surface area contributed by atoms with Crippen LogP contribution in [0, 0.1) is 0 Å². The van der Waals surface area contributed by atoms with E-state index in [1.807, 2.05) is 23.6 Å². The Hall–Kier alpha value is -1.72. The Morgan fingerprint density at radius 1 is 1.05 bits per heavy atom. The first-order valence-corrected chi connectivity index (χ1v) is 6.70. The third kappa shape index (κ3) is 2.52. The summed E-state index contributed by atoms with van der Waals surface area (Å²) in [6.07, 6.45) is 0. The van der Waals surface area contributed by atoms with Crippen LogP contribution in [0.15, 0.2) is 23.6 Å². The van der Waals surface area contributed by atoms with Crippen LogP contribution in [-0.4, -0.2) is 21.3 Å².